The molecule has 0 bridgehead atoms. The van der Waals surface area contributed by atoms with Gasteiger partial charge in [0.05, 0.1) is 17.6 Å². The number of hydrogen-bond donors (Lipinski definition) is 1. The Bertz CT molecular complexity index is 672. The van der Waals surface area contributed by atoms with Crippen molar-refractivity contribution in [1.29, 1.82) is 0 Å². The van der Waals surface area contributed by atoms with Crippen molar-refractivity contribution in [2.24, 2.45) is 0 Å². The van der Waals surface area contributed by atoms with Crippen LogP contribution in [0.15, 0.2) is 23.1 Å². The zero-order valence-corrected chi connectivity index (χ0v) is 14.0. The Kier molecular flexibility index (Phi) is 5.72. The molecule has 1 aromatic carbocycles. The Morgan fingerprint density at radius 2 is 2.22 bits per heavy atom. The number of nitrogens with zero attached hydrogens (tertiary/aromatic N) is 1. The van der Waals surface area contributed by atoms with Crippen molar-refractivity contribution in [2.75, 3.05) is 26.7 Å². The Morgan fingerprint density at radius 1 is 1.48 bits per heavy atom. The number of halogens is 1. The summed E-state index contributed by atoms with van der Waals surface area (Å²) in [6.45, 7) is 3.53. The SMILES string of the molecule is CCCN(C1CCNC1)S(=O)(=O)c1ccc(F)cc1C(=O)OC. The first-order valence-corrected chi connectivity index (χ1v) is 8.96. The number of methoxy groups -OCH3 is 1. The maximum Gasteiger partial charge on any atom is 0.339 e. The Hall–Kier alpha value is -1.51. The highest BCUT2D eigenvalue weighted by Gasteiger charge is 2.35. The van der Waals surface area contributed by atoms with Gasteiger partial charge in [-0.05, 0) is 37.6 Å². The summed E-state index contributed by atoms with van der Waals surface area (Å²) in [4.78, 5) is 11.6. The van der Waals surface area contributed by atoms with E-state index >= 15 is 0 Å². The van der Waals surface area contributed by atoms with E-state index in [0.29, 0.717) is 25.9 Å². The van der Waals surface area contributed by atoms with Gasteiger partial charge in [0.15, 0.2) is 0 Å². The number of rotatable bonds is 6. The highest BCUT2D eigenvalue weighted by atomic mass is 32.2. The van der Waals surface area contributed by atoms with Gasteiger partial charge >= 0.3 is 5.97 Å². The highest BCUT2D eigenvalue weighted by molar-refractivity contribution is 7.89. The summed E-state index contributed by atoms with van der Waals surface area (Å²) in [7, 11) is -2.79. The number of ether oxygens (including phenoxy) is 1. The first-order valence-electron chi connectivity index (χ1n) is 7.52. The lowest BCUT2D eigenvalue weighted by Gasteiger charge is -2.28. The summed E-state index contributed by atoms with van der Waals surface area (Å²) in [6, 6.07) is 2.89. The number of carbonyl (C=O) groups excluding carboxylic acids is 1. The molecule has 1 saturated heterocycles. The van der Waals surface area contributed by atoms with Gasteiger partial charge in [0.1, 0.15) is 5.82 Å². The lowest BCUT2D eigenvalue weighted by Crippen LogP contribution is -2.42. The van der Waals surface area contributed by atoms with E-state index in [1.165, 1.54) is 4.31 Å². The standard InChI is InChI=1S/C15H21FN2O4S/c1-3-8-18(12-6-7-17-10-12)23(20,21)14-5-4-11(16)9-13(14)15(19)22-2/h4-5,9,12,17H,3,6-8,10H2,1-2H3. The molecule has 0 aliphatic carbocycles. The maximum absolute atomic E-state index is 13.5. The molecule has 0 radical (unpaired) electrons. The van der Waals surface area contributed by atoms with Gasteiger partial charge in [0.2, 0.25) is 10.0 Å². The molecule has 128 valence electrons. The van der Waals surface area contributed by atoms with Crippen molar-refractivity contribution < 1.29 is 22.3 Å². The second kappa shape index (κ2) is 7.37. The fourth-order valence-corrected chi connectivity index (χ4v) is 4.64. The van der Waals surface area contributed by atoms with E-state index in [1.807, 2.05) is 6.92 Å². The average Bonchev–Trinajstić information content (AvgIpc) is 3.05. The molecule has 1 aliphatic rings. The molecule has 1 fully saturated rings. The van der Waals surface area contributed by atoms with Crippen molar-refractivity contribution in [2.45, 2.75) is 30.7 Å². The lowest BCUT2D eigenvalue weighted by molar-refractivity contribution is 0.0595. The van der Waals surface area contributed by atoms with Crippen LogP contribution in [0.4, 0.5) is 4.39 Å². The molecule has 0 spiro atoms. The third-order valence-electron chi connectivity index (χ3n) is 3.82. The molecule has 0 aromatic heterocycles. The summed E-state index contributed by atoms with van der Waals surface area (Å²) >= 11 is 0. The van der Waals surface area contributed by atoms with Gasteiger partial charge in [-0.15, -0.1) is 0 Å². The van der Waals surface area contributed by atoms with E-state index in [4.69, 9.17) is 0 Å². The molecule has 1 N–H and O–H groups in total. The molecule has 0 saturated carbocycles. The van der Waals surface area contributed by atoms with Crippen LogP contribution in [0.5, 0.6) is 0 Å². The van der Waals surface area contributed by atoms with Crippen LogP contribution in [0.2, 0.25) is 0 Å². The maximum atomic E-state index is 13.5. The van der Waals surface area contributed by atoms with E-state index in [2.05, 4.69) is 10.1 Å². The zero-order chi connectivity index (χ0) is 17.0. The molecule has 1 heterocycles. The van der Waals surface area contributed by atoms with Crippen LogP contribution in [0, 0.1) is 5.82 Å². The highest BCUT2D eigenvalue weighted by Crippen LogP contribution is 2.25. The number of sulfonamides is 1. The van der Waals surface area contributed by atoms with Crippen LogP contribution in [0.3, 0.4) is 0 Å². The molecule has 2 rings (SSSR count). The topological polar surface area (TPSA) is 75.7 Å². The third-order valence-corrected chi connectivity index (χ3v) is 5.83. The monoisotopic (exact) mass is 344 g/mol. The number of esters is 1. The molecule has 23 heavy (non-hydrogen) atoms. The summed E-state index contributed by atoms with van der Waals surface area (Å²) in [5.74, 6) is -1.56. The summed E-state index contributed by atoms with van der Waals surface area (Å²) < 4.78 is 45.5. The molecule has 0 amide bonds. The van der Waals surface area contributed by atoms with Gasteiger partial charge in [-0.3, -0.25) is 0 Å². The number of nitrogens with one attached hydrogen (secondary N) is 1. The van der Waals surface area contributed by atoms with Gasteiger partial charge < -0.3 is 10.1 Å². The van der Waals surface area contributed by atoms with Crippen LogP contribution in [-0.4, -0.2) is 51.5 Å². The van der Waals surface area contributed by atoms with Crippen LogP contribution >= 0.6 is 0 Å². The molecule has 1 atom stereocenters. The molecule has 8 heteroatoms. The van der Waals surface area contributed by atoms with Gasteiger partial charge in [-0.25, -0.2) is 17.6 Å². The molecule has 1 unspecified atom stereocenters. The van der Waals surface area contributed by atoms with E-state index < -0.39 is 21.8 Å². The van der Waals surface area contributed by atoms with E-state index in [9.17, 15) is 17.6 Å². The Morgan fingerprint density at radius 3 is 2.78 bits per heavy atom. The summed E-state index contributed by atoms with van der Waals surface area (Å²) in [5.41, 5.74) is -0.278. The third kappa shape index (κ3) is 3.70. The molecular formula is C15H21FN2O4S. The minimum atomic E-state index is -3.92. The predicted molar refractivity (Wildman–Crippen MR) is 83.2 cm³/mol. The lowest BCUT2D eigenvalue weighted by atomic mass is 10.2. The predicted octanol–water partition coefficient (Wildman–Crippen LogP) is 1.37. The van der Waals surface area contributed by atoms with Crippen LogP contribution < -0.4 is 5.32 Å². The van der Waals surface area contributed by atoms with Crippen LogP contribution in [0.1, 0.15) is 30.1 Å². The summed E-state index contributed by atoms with van der Waals surface area (Å²) in [5, 5.41) is 3.13. The smallest absolute Gasteiger partial charge is 0.339 e. The zero-order valence-electron chi connectivity index (χ0n) is 13.2. The first-order chi connectivity index (χ1) is 10.9. The van der Waals surface area contributed by atoms with Crippen LogP contribution in [0.25, 0.3) is 0 Å². The molecule has 1 aromatic rings. The number of benzene rings is 1. The molecular weight excluding hydrogens is 323 g/mol. The fraction of sp³-hybridized carbons (Fsp3) is 0.533. The van der Waals surface area contributed by atoms with Crippen molar-refractivity contribution >= 4 is 16.0 Å². The van der Waals surface area contributed by atoms with E-state index in [0.717, 1.165) is 31.9 Å². The Labute approximate surface area is 135 Å². The van der Waals surface area contributed by atoms with Crippen molar-refractivity contribution in [3.05, 3.63) is 29.6 Å². The minimum Gasteiger partial charge on any atom is -0.465 e. The minimum absolute atomic E-state index is 0.171. The summed E-state index contributed by atoms with van der Waals surface area (Å²) in [6.07, 6.45) is 1.35. The van der Waals surface area contributed by atoms with E-state index in [1.54, 1.807) is 0 Å². The Balaban J connectivity index is 2.50. The van der Waals surface area contributed by atoms with Crippen molar-refractivity contribution in [3.63, 3.8) is 0 Å². The van der Waals surface area contributed by atoms with Gasteiger partial charge in [0.25, 0.3) is 0 Å². The van der Waals surface area contributed by atoms with Gasteiger partial charge in [-0.1, -0.05) is 6.92 Å². The number of carbonyl (C=O) groups is 1. The quantitative estimate of drug-likeness (QED) is 0.789. The molecule has 1 aliphatic heterocycles. The normalized spacial score (nSPS) is 18.3. The number of hydrogen-bond acceptors (Lipinski definition) is 5. The second-order valence-electron chi connectivity index (χ2n) is 5.39. The largest absolute Gasteiger partial charge is 0.465 e. The van der Waals surface area contributed by atoms with Crippen molar-refractivity contribution in [3.8, 4) is 0 Å². The second-order valence-corrected chi connectivity index (χ2v) is 7.25. The average molecular weight is 344 g/mol. The molecule has 6 nitrogen and oxygen atoms in total. The van der Waals surface area contributed by atoms with E-state index in [-0.39, 0.29) is 16.5 Å². The fourth-order valence-electron chi connectivity index (χ4n) is 2.73. The first kappa shape index (κ1) is 17.8. The van der Waals surface area contributed by atoms with Crippen LogP contribution in [-0.2, 0) is 14.8 Å². The van der Waals surface area contributed by atoms with Crippen molar-refractivity contribution in [1.82, 2.24) is 9.62 Å². The van der Waals surface area contributed by atoms with Gasteiger partial charge in [-0.2, -0.15) is 4.31 Å². The van der Waals surface area contributed by atoms with Gasteiger partial charge in [0, 0.05) is 19.1 Å².